The van der Waals surface area contributed by atoms with Gasteiger partial charge in [0.15, 0.2) is 5.96 Å². The molecule has 0 spiro atoms. The largest absolute Gasteiger partial charge is 0.480 e. The molecule has 30 heavy (non-hydrogen) atoms. The van der Waals surface area contributed by atoms with E-state index in [1.165, 1.54) is 77.0 Å². The van der Waals surface area contributed by atoms with Crippen molar-refractivity contribution in [1.29, 1.82) is 0 Å². The number of aliphatic carboxylic acids is 1. The lowest BCUT2D eigenvalue weighted by Gasteiger charge is -2.13. The van der Waals surface area contributed by atoms with Crippen LogP contribution in [-0.2, 0) is 4.79 Å². The summed E-state index contributed by atoms with van der Waals surface area (Å²) in [5.74, 6) is -0.747. The van der Waals surface area contributed by atoms with E-state index in [-0.39, 0.29) is 5.96 Å². The predicted molar refractivity (Wildman–Crippen MR) is 129 cm³/mol. The van der Waals surface area contributed by atoms with E-state index in [1.54, 1.807) is 0 Å². The van der Waals surface area contributed by atoms with E-state index >= 15 is 0 Å². The highest BCUT2D eigenvalue weighted by Crippen LogP contribution is 2.10. The molecule has 0 bridgehead atoms. The Morgan fingerprint density at radius 2 is 1.40 bits per heavy atom. The van der Waals surface area contributed by atoms with Crippen molar-refractivity contribution in [3.63, 3.8) is 0 Å². The third kappa shape index (κ3) is 21.2. The molecule has 6 nitrogen and oxygen atoms in total. The Labute approximate surface area is 185 Å². The molecule has 0 radical (unpaired) electrons. The Kier molecular flexibility index (Phi) is 21.0. The van der Waals surface area contributed by atoms with E-state index in [2.05, 4.69) is 29.4 Å². The maximum atomic E-state index is 11.3. The summed E-state index contributed by atoms with van der Waals surface area (Å²) < 4.78 is 0. The average Bonchev–Trinajstić information content (AvgIpc) is 2.71. The van der Waals surface area contributed by atoms with Gasteiger partial charge in [-0.05, 0) is 51.5 Å². The van der Waals surface area contributed by atoms with Gasteiger partial charge in [0.1, 0.15) is 6.04 Å². The molecule has 0 aromatic carbocycles. The number of nitrogens with two attached hydrogens (primary N) is 2. The molecule has 0 heterocycles. The maximum Gasteiger partial charge on any atom is 0.320 e. The van der Waals surface area contributed by atoms with E-state index in [0.29, 0.717) is 19.4 Å². The second kappa shape index (κ2) is 22.1. The van der Waals surface area contributed by atoms with Crippen LogP contribution in [0.25, 0.3) is 0 Å². The lowest BCUT2D eigenvalue weighted by molar-refractivity contribution is -0.139. The van der Waals surface area contributed by atoms with Gasteiger partial charge in [-0.25, -0.2) is 0 Å². The standard InChI is InChI=1S/C24H48N4O2/c1-2-3-4-5-6-7-8-9-10-11-12-13-14-15-16-17-20-27-22(23(29)30)19-18-21-28-24(25)26/h9-10,22,27H,2-8,11-21H2,1H3,(H,29,30)(H4,25,26,28)/b10-9-/t22-/m0/s1. The summed E-state index contributed by atoms with van der Waals surface area (Å²) in [4.78, 5) is 15.2. The van der Waals surface area contributed by atoms with Gasteiger partial charge in [-0.15, -0.1) is 0 Å². The van der Waals surface area contributed by atoms with E-state index in [9.17, 15) is 9.90 Å². The first-order valence-electron chi connectivity index (χ1n) is 12.2. The van der Waals surface area contributed by atoms with Crippen molar-refractivity contribution in [2.24, 2.45) is 16.5 Å². The Morgan fingerprint density at radius 3 is 1.93 bits per heavy atom. The molecular formula is C24H48N4O2. The van der Waals surface area contributed by atoms with Crippen LogP contribution in [0.3, 0.4) is 0 Å². The van der Waals surface area contributed by atoms with Crippen molar-refractivity contribution < 1.29 is 9.90 Å². The first-order chi connectivity index (χ1) is 14.6. The second-order valence-electron chi connectivity index (χ2n) is 8.23. The highest BCUT2D eigenvalue weighted by Gasteiger charge is 2.15. The highest BCUT2D eigenvalue weighted by molar-refractivity contribution is 5.75. The third-order valence-corrected chi connectivity index (χ3v) is 5.32. The van der Waals surface area contributed by atoms with E-state index in [1.807, 2.05) is 0 Å². The molecule has 0 aliphatic heterocycles. The molecule has 0 saturated heterocycles. The zero-order chi connectivity index (χ0) is 22.3. The van der Waals surface area contributed by atoms with Crippen molar-refractivity contribution in [2.75, 3.05) is 13.1 Å². The average molecular weight is 425 g/mol. The maximum absolute atomic E-state index is 11.3. The molecule has 0 amide bonds. The number of rotatable bonds is 22. The van der Waals surface area contributed by atoms with Crippen molar-refractivity contribution in [3.8, 4) is 0 Å². The van der Waals surface area contributed by atoms with E-state index in [0.717, 1.165) is 19.4 Å². The summed E-state index contributed by atoms with van der Waals surface area (Å²) in [7, 11) is 0. The Bertz CT molecular complexity index is 448. The molecule has 6 N–H and O–H groups in total. The number of hydrogen-bond acceptors (Lipinski definition) is 3. The van der Waals surface area contributed by atoms with Crippen LogP contribution in [0.2, 0.25) is 0 Å². The fourth-order valence-corrected chi connectivity index (χ4v) is 3.47. The van der Waals surface area contributed by atoms with Gasteiger partial charge in [0.2, 0.25) is 0 Å². The number of guanidine groups is 1. The molecule has 0 aliphatic rings. The monoisotopic (exact) mass is 424 g/mol. The number of carboxylic acids is 1. The van der Waals surface area contributed by atoms with Gasteiger partial charge in [0.25, 0.3) is 0 Å². The van der Waals surface area contributed by atoms with E-state index < -0.39 is 12.0 Å². The summed E-state index contributed by atoms with van der Waals surface area (Å²) >= 11 is 0. The van der Waals surface area contributed by atoms with Crippen LogP contribution in [0.4, 0.5) is 0 Å². The minimum absolute atomic E-state index is 0.0547. The highest BCUT2D eigenvalue weighted by atomic mass is 16.4. The zero-order valence-electron chi connectivity index (χ0n) is 19.4. The van der Waals surface area contributed by atoms with E-state index in [4.69, 9.17) is 11.5 Å². The SMILES string of the molecule is CCCCCCCC/C=C\CCCCCCCCN[C@@H](CCCN=C(N)N)C(=O)O. The molecule has 0 rings (SSSR count). The van der Waals surface area contributed by atoms with Gasteiger partial charge in [0, 0.05) is 6.54 Å². The third-order valence-electron chi connectivity index (χ3n) is 5.32. The van der Waals surface area contributed by atoms with Crippen LogP contribution in [0.1, 0.15) is 110 Å². The van der Waals surface area contributed by atoms with Gasteiger partial charge in [-0.3, -0.25) is 9.79 Å². The van der Waals surface area contributed by atoms with Crippen LogP contribution < -0.4 is 16.8 Å². The number of unbranched alkanes of at least 4 members (excludes halogenated alkanes) is 12. The fourth-order valence-electron chi connectivity index (χ4n) is 3.47. The van der Waals surface area contributed by atoms with Crippen LogP contribution >= 0.6 is 0 Å². The number of aliphatic imine (C=N–C) groups is 1. The number of hydrogen-bond donors (Lipinski definition) is 4. The Morgan fingerprint density at radius 1 is 0.867 bits per heavy atom. The van der Waals surface area contributed by atoms with Crippen LogP contribution in [-0.4, -0.2) is 36.2 Å². The number of nitrogens with one attached hydrogen (secondary N) is 1. The minimum Gasteiger partial charge on any atom is -0.480 e. The molecule has 0 aliphatic carbocycles. The molecule has 1 atom stereocenters. The van der Waals surface area contributed by atoms with Crippen LogP contribution in [0.5, 0.6) is 0 Å². The molecule has 6 heteroatoms. The van der Waals surface area contributed by atoms with Gasteiger partial charge in [-0.1, -0.05) is 76.9 Å². The molecule has 176 valence electrons. The summed E-state index contributed by atoms with van der Waals surface area (Å²) in [6, 6.07) is -0.512. The summed E-state index contributed by atoms with van der Waals surface area (Å²) in [5.41, 5.74) is 10.5. The summed E-state index contributed by atoms with van der Waals surface area (Å²) in [5, 5.41) is 12.4. The zero-order valence-corrected chi connectivity index (χ0v) is 19.4. The fraction of sp³-hybridized carbons (Fsp3) is 0.833. The first-order valence-corrected chi connectivity index (χ1v) is 12.2. The predicted octanol–water partition coefficient (Wildman–Crippen LogP) is 5.12. The van der Waals surface area contributed by atoms with Crippen LogP contribution in [0, 0.1) is 0 Å². The molecular weight excluding hydrogens is 376 g/mol. The Hall–Kier alpha value is -1.56. The molecule has 0 aromatic heterocycles. The van der Waals surface area contributed by atoms with Crippen molar-refractivity contribution >= 4 is 11.9 Å². The van der Waals surface area contributed by atoms with Gasteiger partial charge < -0.3 is 21.9 Å². The summed E-state index contributed by atoms with van der Waals surface area (Å²) in [6.45, 7) is 3.49. The molecule has 0 fully saturated rings. The number of carboxylic acid groups (broad SMARTS) is 1. The normalized spacial score (nSPS) is 12.3. The lowest BCUT2D eigenvalue weighted by atomic mass is 10.1. The first kappa shape index (κ1) is 28.4. The number of nitrogens with zero attached hydrogens (tertiary/aromatic N) is 1. The number of allylic oxidation sites excluding steroid dienone is 2. The van der Waals surface area contributed by atoms with Gasteiger partial charge >= 0.3 is 5.97 Å². The van der Waals surface area contributed by atoms with Crippen molar-refractivity contribution in [3.05, 3.63) is 12.2 Å². The topological polar surface area (TPSA) is 114 Å². The Balaban J connectivity index is 3.44. The van der Waals surface area contributed by atoms with Gasteiger partial charge in [0.05, 0.1) is 0 Å². The van der Waals surface area contributed by atoms with Gasteiger partial charge in [-0.2, -0.15) is 0 Å². The quantitative estimate of drug-likeness (QED) is 0.0833. The molecule has 0 aromatic rings. The van der Waals surface area contributed by atoms with Crippen LogP contribution in [0.15, 0.2) is 17.1 Å². The molecule has 0 unspecified atom stereocenters. The minimum atomic E-state index is -0.802. The second-order valence-corrected chi connectivity index (χ2v) is 8.23. The van der Waals surface area contributed by atoms with Crippen molar-refractivity contribution in [2.45, 2.75) is 116 Å². The summed E-state index contributed by atoms with van der Waals surface area (Å²) in [6.07, 6.45) is 23.8. The lowest BCUT2D eigenvalue weighted by Crippen LogP contribution is -2.37. The molecule has 0 saturated carbocycles. The smallest absolute Gasteiger partial charge is 0.320 e. The van der Waals surface area contributed by atoms with Crippen molar-refractivity contribution in [1.82, 2.24) is 5.32 Å². The number of carbonyl (C=O) groups is 1.